The van der Waals surface area contributed by atoms with Crippen LogP contribution >= 0.6 is 15.9 Å². The highest BCUT2D eigenvalue weighted by atomic mass is 79.9. The SMILES string of the molecule is CC1CCC(CNC(=O)c2ccc(CBr)cc2)CC1. The van der Waals surface area contributed by atoms with Crippen LogP contribution in [0.15, 0.2) is 24.3 Å². The van der Waals surface area contributed by atoms with E-state index in [2.05, 4.69) is 28.2 Å². The van der Waals surface area contributed by atoms with Crippen molar-refractivity contribution >= 4 is 21.8 Å². The fourth-order valence-corrected chi connectivity index (χ4v) is 2.99. The van der Waals surface area contributed by atoms with E-state index in [-0.39, 0.29) is 5.91 Å². The van der Waals surface area contributed by atoms with E-state index in [0.717, 1.165) is 23.4 Å². The van der Waals surface area contributed by atoms with Crippen molar-refractivity contribution in [2.24, 2.45) is 11.8 Å². The van der Waals surface area contributed by atoms with Crippen molar-refractivity contribution in [1.29, 1.82) is 0 Å². The fourth-order valence-electron chi connectivity index (χ4n) is 2.62. The number of hydrogen-bond donors (Lipinski definition) is 1. The summed E-state index contributed by atoms with van der Waals surface area (Å²) >= 11 is 3.41. The third kappa shape index (κ3) is 4.34. The normalized spacial score (nSPS) is 23.1. The Morgan fingerprint density at radius 2 is 1.84 bits per heavy atom. The standard InChI is InChI=1S/C16H22BrNO/c1-12-2-4-14(5-3-12)11-18-16(19)15-8-6-13(10-17)7-9-15/h6-9,12,14H,2-5,10-11H2,1H3,(H,18,19). The van der Waals surface area contributed by atoms with E-state index in [1.165, 1.54) is 31.2 Å². The third-order valence-corrected chi connectivity index (χ3v) is 4.70. The minimum Gasteiger partial charge on any atom is -0.352 e. The van der Waals surface area contributed by atoms with Crippen LogP contribution in [0.4, 0.5) is 0 Å². The molecular weight excluding hydrogens is 302 g/mol. The molecule has 1 amide bonds. The Morgan fingerprint density at radius 1 is 1.21 bits per heavy atom. The van der Waals surface area contributed by atoms with Crippen molar-refractivity contribution in [2.45, 2.75) is 37.9 Å². The van der Waals surface area contributed by atoms with Gasteiger partial charge in [0, 0.05) is 17.4 Å². The van der Waals surface area contributed by atoms with Gasteiger partial charge in [0.05, 0.1) is 0 Å². The lowest BCUT2D eigenvalue weighted by atomic mass is 9.83. The first-order valence-corrected chi connectivity index (χ1v) is 8.24. The van der Waals surface area contributed by atoms with E-state index >= 15 is 0 Å². The molecule has 0 atom stereocenters. The number of rotatable bonds is 4. The smallest absolute Gasteiger partial charge is 0.251 e. The minimum absolute atomic E-state index is 0.0553. The zero-order valence-corrected chi connectivity index (χ0v) is 13.1. The van der Waals surface area contributed by atoms with E-state index in [1.54, 1.807) is 0 Å². The number of carbonyl (C=O) groups excluding carboxylic acids is 1. The molecule has 1 aromatic carbocycles. The van der Waals surface area contributed by atoms with Crippen LogP contribution in [-0.4, -0.2) is 12.5 Å². The maximum atomic E-state index is 12.0. The summed E-state index contributed by atoms with van der Waals surface area (Å²) in [6, 6.07) is 7.78. The molecule has 0 saturated heterocycles. The maximum Gasteiger partial charge on any atom is 0.251 e. The highest BCUT2D eigenvalue weighted by Crippen LogP contribution is 2.27. The Balaban J connectivity index is 1.80. The number of hydrogen-bond acceptors (Lipinski definition) is 1. The Bertz CT molecular complexity index is 407. The number of amides is 1. The van der Waals surface area contributed by atoms with Gasteiger partial charge in [-0.05, 0) is 42.4 Å². The molecule has 1 saturated carbocycles. The number of halogens is 1. The molecule has 2 nitrogen and oxygen atoms in total. The number of alkyl halides is 1. The van der Waals surface area contributed by atoms with Gasteiger partial charge in [-0.1, -0.05) is 47.8 Å². The van der Waals surface area contributed by atoms with Crippen LogP contribution in [0, 0.1) is 11.8 Å². The van der Waals surface area contributed by atoms with Gasteiger partial charge in [-0.2, -0.15) is 0 Å². The van der Waals surface area contributed by atoms with Crippen molar-refractivity contribution in [3.63, 3.8) is 0 Å². The molecular formula is C16H22BrNO. The second-order valence-electron chi connectivity index (χ2n) is 5.67. The lowest BCUT2D eigenvalue weighted by Crippen LogP contribution is -2.31. The summed E-state index contributed by atoms with van der Waals surface area (Å²) in [7, 11) is 0. The summed E-state index contributed by atoms with van der Waals surface area (Å²) in [5.74, 6) is 1.59. The van der Waals surface area contributed by atoms with Crippen molar-refractivity contribution < 1.29 is 4.79 Å². The molecule has 19 heavy (non-hydrogen) atoms. The summed E-state index contributed by atoms with van der Waals surface area (Å²) < 4.78 is 0. The average Bonchev–Trinajstić information content (AvgIpc) is 2.46. The van der Waals surface area contributed by atoms with E-state index in [1.807, 2.05) is 24.3 Å². The molecule has 1 aliphatic carbocycles. The molecule has 0 heterocycles. The number of carbonyl (C=O) groups is 1. The summed E-state index contributed by atoms with van der Waals surface area (Å²) in [5, 5.41) is 3.90. The van der Waals surface area contributed by atoms with Crippen LogP contribution in [0.25, 0.3) is 0 Å². The molecule has 2 rings (SSSR count). The summed E-state index contributed by atoms with van der Waals surface area (Å²) in [5.41, 5.74) is 1.95. The van der Waals surface area contributed by atoms with E-state index in [0.29, 0.717) is 5.92 Å². The predicted octanol–water partition coefficient (Wildman–Crippen LogP) is 4.14. The van der Waals surface area contributed by atoms with Gasteiger partial charge in [0.15, 0.2) is 0 Å². The van der Waals surface area contributed by atoms with Gasteiger partial charge < -0.3 is 5.32 Å². The zero-order chi connectivity index (χ0) is 13.7. The zero-order valence-electron chi connectivity index (χ0n) is 11.5. The van der Waals surface area contributed by atoms with Crippen molar-refractivity contribution in [3.05, 3.63) is 35.4 Å². The quantitative estimate of drug-likeness (QED) is 0.829. The summed E-state index contributed by atoms with van der Waals surface area (Å²) in [4.78, 5) is 12.0. The van der Waals surface area contributed by atoms with Crippen LogP contribution in [0.2, 0.25) is 0 Å². The Hall–Kier alpha value is -0.830. The Morgan fingerprint density at radius 3 is 2.42 bits per heavy atom. The molecule has 1 aromatic rings. The first-order chi connectivity index (χ1) is 9.19. The van der Waals surface area contributed by atoms with Crippen LogP contribution in [0.3, 0.4) is 0 Å². The first-order valence-electron chi connectivity index (χ1n) is 7.12. The van der Waals surface area contributed by atoms with Gasteiger partial charge in [0.1, 0.15) is 0 Å². The molecule has 0 bridgehead atoms. The van der Waals surface area contributed by atoms with Crippen LogP contribution < -0.4 is 5.32 Å². The molecule has 1 N–H and O–H groups in total. The highest BCUT2D eigenvalue weighted by molar-refractivity contribution is 9.08. The Kier molecular flexibility index (Phi) is 5.44. The van der Waals surface area contributed by atoms with Gasteiger partial charge >= 0.3 is 0 Å². The molecule has 0 unspecified atom stereocenters. The van der Waals surface area contributed by atoms with Crippen LogP contribution in [0.1, 0.15) is 48.5 Å². The summed E-state index contributed by atoms with van der Waals surface area (Å²) in [6.07, 6.45) is 5.12. The first kappa shape index (κ1) is 14.6. The van der Waals surface area contributed by atoms with E-state index < -0.39 is 0 Å². The summed E-state index contributed by atoms with van der Waals surface area (Å²) in [6.45, 7) is 3.14. The third-order valence-electron chi connectivity index (χ3n) is 4.06. The minimum atomic E-state index is 0.0553. The second-order valence-corrected chi connectivity index (χ2v) is 6.23. The van der Waals surface area contributed by atoms with Crippen molar-refractivity contribution in [1.82, 2.24) is 5.32 Å². The Labute approximate surface area is 124 Å². The van der Waals surface area contributed by atoms with Crippen LogP contribution in [-0.2, 0) is 5.33 Å². The highest BCUT2D eigenvalue weighted by Gasteiger charge is 2.18. The monoisotopic (exact) mass is 323 g/mol. The second kappa shape index (κ2) is 7.09. The largest absolute Gasteiger partial charge is 0.352 e. The van der Waals surface area contributed by atoms with Crippen molar-refractivity contribution in [2.75, 3.05) is 6.54 Å². The van der Waals surface area contributed by atoms with Gasteiger partial charge in [-0.25, -0.2) is 0 Å². The predicted molar refractivity (Wildman–Crippen MR) is 82.5 cm³/mol. The maximum absolute atomic E-state index is 12.0. The van der Waals surface area contributed by atoms with Gasteiger partial charge in [0.2, 0.25) is 0 Å². The topological polar surface area (TPSA) is 29.1 Å². The molecule has 0 spiro atoms. The van der Waals surface area contributed by atoms with Crippen LogP contribution in [0.5, 0.6) is 0 Å². The lowest BCUT2D eigenvalue weighted by molar-refractivity contribution is 0.0942. The van der Waals surface area contributed by atoms with Crippen molar-refractivity contribution in [3.8, 4) is 0 Å². The molecule has 0 radical (unpaired) electrons. The number of benzene rings is 1. The lowest BCUT2D eigenvalue weighted by Gasteiger charge is -2.26. The van der Waals surface area contributed by atoms with Gasteiger partial charge in [-0.15, -0.1) is 0 Å². The van der Waals surface area contributed by atoms with Gasteiger partial charge in [-0.3, -0.25) is 4.79 Å². The fraction of sp³-hybridized carbons (Fsp3) is 0.562. The molecule has 1 aliphatic rings. The molecule has 104 valence electrons. The number of nitrogens with one attached hydrogen (secondary N) is 1. The molecule has 0 aliphatic heterocycles. The molecule has 0 aromatic heterocycles. The van der Waals surface area contributed by atoms with E-state index in [4.69, 9.17) is 0 Å². The van der Waals surface area contributed by atoms with Gasteiger partial charge in [0.25, 0.3) is 5.91 Å². The molecule has 3 heteroatoms. The average molecular weight is 324 g/mol. The molecule has 1 fully saturated rings. The van der Waals surface area contributed by atoms with E-state index in [9.17, 15) is 4.79 Å².